The first-order valence-electron chi connectivity index (χ1n) is 18.4. The Kier molecular flexibility index (Phi) is 10.0. The summed E-state index contributed by atoms with van der Waals surface area (Å²) in [4.78, 5) is 71.4. The van der Waals surface area contributed by atoms with Crippen molar-refractivity contribution >= 4 is 39.9 Å². The summed E-state index contributed by atoms with van der Waals surface area (Å²) in [6, 6.07) is 5.56. The summed E-state index contributed by atoms with van der Waals surface area (Å²) >= 11 is 0. The molecule has 0 spiro atoms. The van der Waals surface area contributed by atoms with E-state index in [1.165, 1.54) is 4.90 Å². The summed E-state index contributed by atoms with van der Waals surface area (Å²) in [6.45, 7) is 0.650. The number of rotatable bonds is 6. The van der Waals surface area contributed by atoms with E-state index in [2.05, 4.69) is 15.4 Å². The highest BCUT2D eigenvalue weighted by atomic mass is 32.2. The standard InChI is InChI=1S/C36H47N5O9S/c42-31-30-18-27(50-35(46)40-20-23-10-6-7-11-24(23)21-40)22-41(30)32(43)29(37-34(45)49-26-13-8-9-14-26)15-5-3-1-2-4-12-25-19-36(25,38-31)33(44)39-51(47,48)28-16-17-28/h4,6-7,10-12,25-30H,1-3,5,8-9,13-22H2,(H,37,45)(H,38,42)(H,39,44)/t25-,27-,29+,30+,36-/m1/s1. The molecule has 4 fully saturated rings. The SMILES string of the molecule is O=C(N[C@H]1CCCCCC=C[C@@H]2C[C@@]2(C(=O)NS(=O)(=O)C2CC2)NC(=O)[C@@H]2C[C@@H](OC(=O)N3Cc4ccccc4C3)CN2C1=O)OC1CCCC1. The molecule has 1 aromatic carbocycles. The number of alkyl carbamates (subject to hydrolysis) is 1. The molecule has 5 atom stereocenters. The monoisotopic (exact) mass is 725 g/mol. The molecule has 0 radical (unpaired) electrons. The van der Waals surface area contributed by atoms with Gasteiger partial charge in [-0.15, -0.1) is 0 Å². The third-order valence-electron chi connectivity index (χ3n) is 11.1. The summed E-state index contributed by atoms with van der Waals surface area (Å²) in [5.74, 6) is -2.41. The van der Waals surface area contributed by atoms with E-state index in [9.17, 15) is 32.4 Å². The maximum atomic E-state index is 14.3. The van der Waals surface area contributed by atoms with Crippen LogP contribution in [0.5, 0.6) is 0 Å². The van der Waals surface area contributed by atoms with Crippen LogP contribution in [0, 0.1) is 5.92 Å². The second kappa shape index (κ2) is 14.5. The Balaban J connectivity index is 1.12. The number of hydrogen-bond acceptors (Lipinski definition) is 9. The van der Waals surface area contributed by atoms with Gasteiger partial charge >= 0.3 is 12.2 Å². The highest BCUT2D eigenvalue weighted by Crippen LogP contribution is 2.46. The van der Waals surface area contributed by atoms with Crippen LogP contribution < -0.4 is 15.4 Å². The summed E-state index contributed by atoms with van der Waals surface area (Å²) < 4.78 is 39.3. The third kappa shape index (κ3) is 7.87. The van der Waals surface area contributed by atoms with Crippen LogP contribution in [0.1, 0.15) is 94.6 Å². The van der Waals surface area contributed by atoms with Crippen LogP contribution in [0.25, 0.3) is 0 Å². The van der Waals surface area contributed by atoms with E-state index in [-0.39, 0.29) is 25.5 Å². The Morgan fingerprint density at radius 2 is 1.59 bits per heavy atom. The van der Waals surface area contributed by atoms with Crippen molar-refractivity contribution in [1.82, 2.24) is 25.2 Å². The molecule has 3 heterocycles. The molecule has 6 aliphatic rings. The molecule has 7 rings (SSSR count). The molecule has 3 aliphatic heterocycles. The lowest BCUT2D eigenvalue weighted by Crippen LogP contribution is -2.58. The van der Waals surface area contributed by atoms with Crippen molar-refractivity contribution in [2.75, 3.05) is 6.54 Å². The van der Waals surface area contributed by atoms with E-state index in [1.807, 2.05) is 36.4 Å². The van der Waals surface area contributed by atoms with Crippen LogP contribution in [-0.4, -0.2) is 89.8 Å². The van der Waals surface area contributed by atoms with Crippen molar-refractivity contribution in [2.45, 2.75) is 132 Å². The van der Waals surface area contributed by atoms with Crippen LogP contribution in [0.15, 0.2) is 36.4 Å². The minimum absolute atomic E-state index is 0.0398. The Labute approximate surface area is 298 Å². The quantitative estimate of drug-likeness (QED) is 0.372. The van der Waals surface area contributed by atoms with E-state index in [0.29, 0.717) is 45.2 Å². The molecule has 3 aliphatic carbocycles. The number of hydrogen-bond donors (Lipinski definition) is 3. The lowest BCUT2D eigenvalue weighted by Gasteiger charge is -2.30. The van der Waals surface area contributed by atoms with Gasteiger partial charge in [-0.3, -0.25) is 24.0 Å². The van der Waals surface area contributed by atoms with Crippen molar-refractivity contribution in [1.29, 1.82) is 0 Å². The zero-order valence-corrected chi connectivity index (χ0v) is 29.5. The zero-order chi connectivity index (χ0) is 35.8. The minimum Gasteiger partial charge on any atom is -0.446 e. The molecule has 15 heteroatoms. The van der Waals surface area contributed by atoms with Gasteiger partial charge in [0, 0.05) is 25.4 Å². The average Bonchev–Trinajstić information content (AvgIpc) is 3.88. The van der Waals surface area contributed by atoms with Crippen LogP contribution in [-0.2, 0) is 47.0 Å². The summed E-state index contributed by atoms with van der Waals surface area (Å²) in [6.07, 6.45) is 9.24. The lowest BCUT2D eigenvalue weighted by molar-refractivity contribution is -0.141. The number of ether oxygens (including phenoxy) is 2. The number of amides is 5. The van der Waals surface area contributed by atoms with Crippen molar-refractivity contribution in [3.63, 3.8) is 0 Å². The van der Waals surface area contributed by atoms with E-state index in [0.717, 1.165) is 49.7 Å². The van der Waals surface area contributed by atoms with Crippen LogP contribution in [0.4, 0.5) is 9.59 Å². The number of allylic oxidation sites excluding steroid dienone is 1. The van der Waals surface area contributed by atoms with Gasteiger partial charge in [-0.1, -0.05) is 49.3 Å². The number of carbonyl (C=O) groups is 5. The van der Waals surface area contributed by atoms with Gasteiger partial charge in [-0.2, -0.15) is 0 Å². The van der Waals surface area contributed by atoms with Gasteiger partial charge in [0.25, 0.3) is 5.91 Å². The Morgan fingerprint density at radius 3 is 2.29 bits per heavy atom. The largest absolute Gasteiger partial charge is 0.446 e. The molecule has 14 nitrogen and oxygen atoms in total. The first-order chi connectivity index (χ1) is 24.5. The van der Waals surface area contributed by atoms with E-state index in [4.69, 9.17) is 9.47 Å². The highest BCUT2D eigenvalue weighted by Gasteiger charge is 2.62. The van der Waals surface area contributed by atoms with E-state index in [1.54, 1.807) is 4.90 Å². The Hall–Kier alpha value is -4.14. The summed E-state index contributed by atoms with van der Waals surface area (Å²) in [5, 5.41) is 4.97. The van der Waals surface area contributed by atoms with Gasteiger partial charge in [0.15, 0.2) is 0 Å². The van der Waals surface area contributed by atoms with Crippen LogP contribution in [0.3, 0.4) is 0 Å². The fraction of sp³-hybridized carbons (Fsp3) is 0.639. The predicted molar refractivity (Wildman–Crippen MR) is 183 cm³/mol. The first kappa shape index (κ1) is 35.3. The summed E-state index contributed by atoms with van der Waals surface area (Å²) in [7, 11) is -3.89. The summed E-state index contributed by atoms with van der Waals surface area (Å²) in [5.41, 5.74) is 0.520. The molecule has 3 N–H and O–H groups in total. The van der Waals surface area contributed by atoms with Gasteiger partial charge < -0.3 is 25.0 Å². The van der Waals surface area contributed by atoms with Gasteiger partial charge in [-0.25, -0.2) is 18.0 Å². The van der Waals surface area contributed by atoms with Crippen molar-refractivity contribution in [2.24, 2.45) is 5.92 Å². The minimum atomic E-state index is -3.89. The van der Waals surface area contributed by atoms with Gasteiger partial charge in [0.1, 0.15) is 29.8 Å². The van der Waals surface area contributed by atoms with Crippen molar-refractivity contribution < 1.29 is 41.9 Å². The van der Waals surface area contributed by atoms with E-state index < -0.39 is 74.8 Å². The second-order valence-corrected chi connectivity index (χ2v) is 16.9. The fourth-order valence-corrected chi connectivity index (χ4v) is 9.22. The lowest BCUT2D eigenvalue weighted by atomic mass is 10.0. The molecular formula is C36H47N5O9S. The topological polar surface area (TPSA) is 181 Å². The second-order valence-electron chi connectivity index (χ2n) is 14.9. The molecule has 5 amide bonds. The molecule has 3 saturated carbocycles. The molecule has 1 aromatic rings. The van der Waals surface area contributed by atoms with Gasteiger partial charge in [0.2, 0.25) is 21.8 Å². The molecule has 51 heavy (non-hydrogen) atoms. The highest BCUT2D eigenvalue weighted by molar-refractivity contribution is 7.91. The van der Waals surface area contributed by atoms with E-state index >= 15 is 0 Å². The number of nitrogens with zero attached hydrogens (tertiary/aromatic N) is 2. The van der Waals surface area contributed by atoms with Crippen molar-refractivity contribution in [3.8, 4) is 0 Å². The number of benzene rings is 1. The third-order valence-corrected chi connectivity index (χ3v) is 12.9. The first-order valence-corrected chi connectivity index (χ1v) is 19.9. The Bertz CT molecular complexity index is 1670. The fourth-order valence-electron chi connectivity index (χ4n) is 7.86. The molecule has 0 aromatic heterocycles. The number of sulfonamides is 1. The number of carbonyl (C=O) groups excluding carboxylic acids is 5. The zero-order valence-electron chi connectivity index (χ0n) is 28.7. The smallest absolute Gasteiger partial charge is 0.410 e. The average molecular weight is 726 g/mol. The van der Waals surface area contributed by atoms with Gasteiger partial charge in [0.05, 0.1) is 11.8 Å². The maximum absolute atomic E-state index is 14.3. The predicted octanol–water partition coefficient (Wildman–Crippen LogP) is 3.15. The molecular weight excluding hydrogens is 678 g/mol. The van der Waals surface area contributed by atoms with Crippen LogP contribution >= 0.6 is 0 Å². The Morgan fingerprint density at radius 1 is 0.882 bits per heavy atom. The molecule has 276 valence electrons. The molecule has 0 unspecified atom stereocenters. The number of fused-ring (bicyclic) bond motifs is 3. The molecule has 0 bridgehead atoms. The maximum Gasteiger partial charge on any atom is 0.410 e. The van der Waals surface area contributed by atoms with Gasteiger partial charge in [-0.05, 0) is 75.3 Å². The molecule has 1 saturated heterocycles. The van der Waals surface area contributed by atoms with Crippen LogP contribution in [0.2, 0.25) is 0 Å². The normalized spacial score (nSPS) is 29.9. The number of nitrogens with one attached hydrogen (secondary N) is 3. The van der Waals surface area contributed by atoms with Crippen molar-refractivity contribution in [3.05, 3.63) is 47.5 Å².